The smallest absolute Gasteiger partial charge is 0.261 e. The van der Waals surface area contributed by atoms with E-state index in [9.17, 15) is 9.18 Å². The number of methoxy groups -OCH3 is 1. The molecule has 0 saturated heterocycles. The van der Waals surface area contributed by atoms with Crippen LogP contribution in [0, 0.1) is 12.7 Å². The normalized spacial score (nSPS) is 10.9. The minimum absolute atomic E-state index is 0.155. The van der Waals surface area contributed by atoms with Crippen molar-refractivity contribution in [2.45, 2.75) is 13.5 Å². The Labute approximate surface area is 183 Å². The van der Waals surface area contributed by atoms with Crippen LogP contribution in [0.1, 0.15) is 20.9 Å². The molecule has 0 saturated carbocycles. The second kappa shape index (κ2) is 9.18. The molecule has 160 valence electrons. The van der Waals surface area contributed by atoms with Crippen molar-refractivity contribution in [1.29, 1.82) is 0 Å². The number of aromatic nitrogens is 2. The Hall–Kier alpha value is -3.39. The van der Waals surface area contributed by atoms with Crippen molar-refractivity contribution in [2.75, 3.05) is 20.3 Å². The fourth-order valence-corrected chi connectivity index (χ4v) is 4.32. The number of carbonyl (C=O) groups excluding carboxylic acids is 1. The van der Waals surface area contributed by atoms with Gasteiger partial charge in [0.25, 0.3) is 5.91 Å². The molecule has 0 aliphatic heterocycles. The second-order valence-corrected chi connectivity index (χ2v) is 7.98. The van der Waals surface area contributed by atoms with Gasteiger partial charge in [-0.25, -0.2) is 4.39 Å². The summed E-state index contributed by atoms with van der Waals surface area (Å²) < 4.78 is 26.0. The number of nitrogens with one attached hydrogen (secondary N) is 1. The Kier molecular flexibility index (Phi) is 6.18. The van der Waals surface area contributed by atoms with Crippen molar-refractivity contribution < 1.29 is 18.7 Å². The standard InChI is InChI=1S/C23H22FN3O3S/c1-15-18-13-21(22(28)25-11-12-30-20-6-4-3-5-19(20)29-2)31-23(18)27(26-15)14-16-7-9-17(24)10-8-16/h3-10,13H,11-12,14H2,1-2H3,(H,25,28). The number of nitrogens with zero attached hydrogens (tertiary/aromatic N) is 2. The molecule has 2 heterocycles. The number of fused-ring (bicyclic) bond motifs is 1. The number of amides is 1. The summed E-state index contributed by atoms with van der Waals surface area (Å²) >= 11 is 1.39. The molecule has 0 bridgehead atoms. The molecule has 0 aliphatic rings. The first-order chi connectivity index (χ1) is 15.0. The van der Waals surface area contributed by atoms with Crippen molar-refractivity contribution >= 4 is 27.5 Å². The predicted octanol–water partition coefficient (Wildman–Crippen LogP) is 4.41. The summed E-state index contributed by atoms with van der Waals surface area (Å²) in [5.74, 6) is 0.866. The number of aryl methyl sites for hydroxylation is 1. The number of carbonyl (C=O) groups is 1. The molecule has 2 aromatic heterocycles. The van der Waals surface area contributed by atoms with E-state index in [0.29, 0.717) is 36.1 Å². The van der Waals surface area contributed by atoms with E-state index in [1.807, 2.05) is 41.9 Å². The SMILES string of the molecule is COc1ccccc1OCCNC(=O)c1cc2c(C)nn(Cc3ccc(F)cc3)c2s1. The van der Waals surface area contributed by atoms with Crippen molar-refractivity contribution in [3.63, 3.8) is 0 Å². The predicted molar refractivity (Wildman–Crippen MR) is 119 cm³/mol. The number of thiophene rings is 1. The summed E-state index contributed by atoms with van der Waals surface area (Å²) in [7, 11) is 1.59. The number of benzene rings is 2. The lowest BCUT2D eigenvalue weighted by Gasteiger charge is -2.10. The quantitative estimate of drug-likeness (QED) is 0.413. The molecule has 0 aliphatic carbocycles. The molecule has 31 heavy (non-hydrogen) atoms. The maximum absolute atomic E-state index is 13.2. The van der Waals surface area contributed by atoms with Gasteiger partial charge in [-0.3, -0.25) is 9.48 Å². The maximum Gasteiger partial charge on any atom is 0.261 e. The van der Waals surface area contributed by atoms with E-state index >= 15 is 0 Å². The lowest BCUT2D eigenvalue weighted by atomic mass is 10.2. The third-order valence-electron chi connectivity index (χ3n) is 4.79. The average Bonchev–Trinajstić information content (AvgIpc) is 3.34. The fourth-order valence-electron chi connectivity index (χ4n) is 3.25. The summed E-state index contributed by atoms with van der Waals surface area (Å²) in [5, 5.41) is 8.40. The Morgan fingerprint density at radius 3 is 2.65 bits per heavy atom. The molecule has 0 fully saturated rings. The molecule has 4 rings (SSSR count). The number of hydrogen-bond acceptors (Lipinski definition) is 5. The van der Waals surface area contributed by atoms with E-state index < -0.39 is 0 Å². The molecular formula is C23H22FN3O3S. The number of ether oxygens (including phenoxy) is 2. The highest BCUT2D eigenvalue weighted by Crippen LogP contribution is 2.29. The first kappa shape index (κ1) is 20.9. The Bertz CT molecular complexity index is 1200. The first-order valence-corrected chi connectivity index (χ1v) is 10.6. The van der Waals surface area contributed by atoms with Crippen molar-refractivity contribution in [3.05, 3.63) is 76.5 Å². The minimum atomic E-state index is -0.268. The van der Waals surface area contributed by atoms with Crippen LogP contribution in [0.4, 0.5) is 4.39 Å². The van der Waals surface area contributed by atoms with Crippen LogP contribution in [-0.4, -0.2) is 35.9 Å². The number of rotatable bonds is 8. The Morgan fingerprint density at radius 1 is 1.16 bits per heavy atom. The molecule has 2 aromatic carbocycles. The maximum atomic E-state index is 13.2. The van der Waals surface area contributed by atoms with Gasteiger partial charge in [0, 0.05) is 5.39 Å². The van der Waals surface area contributed by atoms with E-state index in [1.54, 1.807) is 19.2 Å². The molecule has 0 spiro atoms. The van der Waals surface area contributed by atoms with Crippen molar-refractivity contribution in [1.82, 2.24) is 15.1 Å². The molecule has 6 nitrogen and oxygen atoms in total. The molecule has 1 amide bonds. The number of halogens is 1. The van der Waals surface area contributed by atoms with Crippen LogP contribution in [0.15, 0.2) is 54.6 Å². The third kappa shape index (κ3) is 4.69. The van der Waals surface area contributed by atoms with Crippen molar-refractivity contribution in [2.24, 2.45) is 0 Å². The van der Waals surface area contributed by atoms with Crippen LogP contribution in [0.5, 0.6) is 11.5 Å². The van der Waals surface area contributed by atoms with Gasteiger partial charge in [-0.2, -0.15) is 5.10 Å². The topological polar surface area (TPSA) is 65.4 Å². The van der Waals surface area contributed by atoms with Gasteiger partial charge in [0.2, 0.25) is 0 Å². The Morgan fingerprint density at radius 2 is 1.90 bits per heavy atom. The van der Waals surface area contributed by atoms with Crippen LogP contribution in [0.2, 0.25) is 0 Å². The number of para-hydroxylation sites is 2. The third-order valence-corrected chi connectivity index (χ3v) is 5.94. The van der Waals surface area contributed by atoms with Gasteiger partial charge >= 0.3 is 0 Å². The van der Waals surface area contributed by atoms with Gasteiger partial charge in [-0.1, -0.05) is 24.3 Å². The monoisotopic (exact) mass is 439 g/mol. The highest BCUT2D eigenvalue weighted by atomic mass is 32.1. The van der Waals surface area contributed by atoms with E-state index in [1.165, 1.54) is 23.5 Å². The van der Waals surface area contributed by atoms with Gasteiger partial charge in [0.1, 0.15) is 17.3 Å². The van der Waals surface area contributed by atoms with E-state index in [-0.39, 0.29) is 11.7 Å². The lowest BCUT2D eigenvalue weighted by Crippen LogP contribution is -2.27. The van der Waals surface area contributed by atoms with E-state index in [4.69, 9.17) is 9.47 Å². The molecule has 0 atom stereocenters. The summed E-state index contributed by atoms with van der Waals surface area (Å²) in [6.07, 6.45) is 0. The largest absolute Gasteiger partial charge is 0.493 e. The lowest BCUT2D eigenvalue weighted by molar-refractivity contribution is 0.0951. The molecule has 0 unspecified atom stereocenters. The van der Waals surface area contributed by atoms with Crippen LogP contribution in [0.3, 0.4) is 0 Å². The first-order valence-electron chi connectivity index (χ1n) is 9.80. The molecule has 8 heteroatoms. The molecule has 4 aromatic rings. The van der Waals surface area contributed by atoms with E-state index in [2.05, 4.69) is 10.4 Å². The second-order valence-electron chi connectivity index (χ2n) is 6.95. The Balaban J connectivity index is 1.40. The fraction of sp³-hybridized carbons (Fsp3) is 0.217. The van der Waals surface area contributed by atoms with Gasteiger partial charge in [0.05, 0.1) is 30.8 Å². The summed E-state index contributed by atoms with van der Waals surface area (Å²) in [4.78, 5) is 14.1. The molecule has 0 radical (unpaired) electrons. The van der Waals surface area contributed by atoms with Gasteiger partial charge < -0.3 is 14.8 Å². The van der Waals surface area contributed by atoms with Crippen molar-refractivity contribution in [3.8, 4) is 11.5 Å². The zero-order valence-electron chi connectivity index (χ0n) is 17.2. The van der Waals surface area contributed by atoms with Gasteiger partial charge in [0.15, 0.2) is 11.5 Å². The average molecular weight is 440 g/mol. The summed E-state index contributed by atoms with van der Waals surface area (Å²) in [6.45, 7) is 3.12. The summed E-state index contributed by atoms with van der Waals surface area (Å²) in [6, 6.07) is 15.6. The van der Waals surface area contributed by atoms with Gasteiger partial charge in [-0.15, -0.1) is 11.3 Å². The van der Waals surface area contributed by atoms with Crippen LogP contribution < -0.4 is 14.8 Å². The van der Waals surface area contributed by atoms with Gasteiger partial charge in [-0.05, 0) is 42.8 Å². The molecule has 1 N–H and O–H groups in total. The highest BCUT2D eigenvalue weighted by Gasteiger charge is 2.16. The summed E-state index contributed by atoms with van der Waals surface area (Å²) in [5.41, 5.74) is 1.80. The zero-order valence-corrected chi connectivity index (χ0v) is 18.0. The van der Waals surface area contributed by atoms with Crippen LogP contribution >= 0.6 is 11.3 Å². The van der Waals surface area contributed by atoms with Crippen LogP contribution in [-0.2, 0) is 6.54 Å². The molecular weight excluding hydrogens is 417 g/mol. The minimum Gasteiger partial charge on any atom is -0.493 e. The highest BCUT2D eigenvalue weighted by molar-refractivity contribution is 7.20. The van der Waals surface area contributed by atoms with E-state index in [0.717, 1.165) is 21.5 Å². The number of hydrogen-bond donors (Lipinski definition) is 1. The van der Waals surface area contributed by atoms with Crippen LogP contribution in [0.25, 0.3) is 10.2 Å². The zero-order chi connectivity index (χ0) is 21.8.